The molecular weight excluding hydrogens is 1850 g/mol. The Hall–Kier alpha value is -19.9. The molecule has 0 radical (unpaired) electrons. The number of pyridine rings is 3. The SMILES string of the molecule is O=P(c1ccccc1)(c1ccccc1)c1ccc(-n2c3ccccc3c3c4c(oc32)c(-c2ccccc2)nc2ccccc24)cc1.c1ccc(-c2nc(-c3ccccc3)nc(-c3ccc(-n4c5ccccc5c5c6c(oc54)c(-c4cccc5ccccc45)nc4ccccc46)cc3)n2)cc1.c1ccc(-c2nc3ccccc3c3c2oc2c3c3ccccc3n2-c2ccc(-c3ccc4c5ccccc5c5ccccc5c4c3)cc2)cc1. The van der Waals surface area contributed by atoms with E-state index < -0.39 is 7.14 Å². The van der Waals surface area contributed by atoms with Gasteiger partial charge in [-0.1, -0.05) is 406 Å². The number of nitrogens with zero attached hydrogens (tertiary/aromatic N) is 9. The Morgan fingerprint density at radius 3 is 0.873 bits per heavy atom. The van der Waals surface area contributed by atoms with E-state index in [-0.39, 0.29) is 0 Å². The van der Waals surface area contributed by atoms with Crippen LogP contribution in [0.4, 0.5) is 0 Å². The summed E-state index contributed by atoms with van der Waals surface area (Å²) in [6.07, 6.45) is 0. The lowest BCUT2D eigenvalue weighted by Crippen LogP contribution is -2.24. The molecule has 31 rings (SSSR count). The highest BCUT2D eigenvalue weighted by atomic mass is 31.2. The van der Waals surface area contributed by atoms with Crippen LogP contribution in [-0.2, 0) is 4.57 Å². The molecule has 10 aromatic heterocycles. The average molecular weight is 1940 g/mol. The van der Waals surface area contributed by atoms with E-state index in [9.17, 15) is 0 Å². The fourth-order valence-corrected chi connectivity index (χ4v) is 25.3. The Bertz CT molecular complexity index is 10700. The molecule has 0 spiro atoms. The first-order valence-electron chi connectivity index (χ1n) is 50.4. The molecule has 0 aliphatic rings. The van der Waals surface area contributed by atoms with Crippen molar-refractivity contribution in [3.8, 4) is 96.1 Å². The van der Waals surface area contributed by atoms with E-state index in [1.807, 2.05) is 170 Å². The van der Waals surface area contributed by atoms with Gasteiger partial charge in [0.05, 0.1) is 49.3 Å². The zero-order valence-electron chi connectivity index (χ0n) is 80.6. The van der Waals surface area contributed by atoms with Gasteiger partial charge in [-0.2, -0.15) is 0 Å². The molecule has 702 valence electrons. The van der Waals surface area contributed by atoms with Gasteiger partial charge in [0, 0.05) is 115 Å². The van der Waals surface area contributed by atoms with Crippen molar-refractivity contribution >= 4 is 198 Å². The van der Waals surface area contributed by atoms with Crippen molar-refractivity contribution in [3.63, 3.8) is 0 Å². The summed E-state index contributed by atoms with van der Waals surface area (Å²) >= 11 is 0. The Labute approximate surface area is 858 Å². The van der Waals surface area contributed by atoms with E-state index in [1.165, 1.54) is 43.4 Å². The minimum atomic E-state index is -3.10. The van der Waals surface area contributed by atoms with Crippen LogP contribution in [-0.4, -0.2) is 43.6 Å². The molecule has 0 unspecified atom stereocenters. The van der Waals surface area contributed by atoms with Crippen LogP contribution >= 0.6 is 7.14 Å². The first kappa shape index (κ1) is 86.8. The van der Waals surface area contributed by atoms with Gasteiger partial charge in [-0.05, 0) is 157 Å². The molecular formula is C136H84N9O4P. The van der Waals surface area contributed by atoms with Crippen LogP contribution < -0.4 is 15.9 Å². The van der Waals surface area contributed by atoms with Crippen LogP contribution in [0.3, 0.4) is 0 Å². The number of furan rings is 3. The predicted octanol–water partition coefficient (Wildman–Crippen LogP) is 34.3. The number of fused-ring (bicyclic) bond motifs is 28. The number of hydrogen-bond acceptors (Lipinski definition) is 10. The van der Waals surface area contributed by atoms with Gasteiger partial charge in [-0.3, -0.25) is 13.7 Å². The van der Waals surface area contributed by atoms with Gasteiger partial charge < -0.3 is 17.8 Å². The van der Waals surface area contributed by atoms with E-state index in [4.69, 9.17) is 43.2 Å². The topological polar surface area (TPSA) is 149 Å². The van der Waals surface area contributed by atoms with Crippen LogP contribution in [0.1, 0.15) is 0 Å². The molecule has 0 bridgehead atoms. The molecule has 150 heavy (non-hydrogen) atoms. The molecule has 0 amide bonds. The standard InChI is InChI=1S/C48H29N5O.C47H28N2O.C41H27N2O2P/c1-3-15-31(16-4-1)45-50-46(32-17-5-2-6-18-32)52-47(51-45)33-26-28-34(29-27-33)53-40-25-12-10-22-38(40)42-41-37-21-9-11-24-39(37)49-43(44(41)54-48(42)53)36-23-13-19-30-14-7-8-20-35(30)36;1-2-12-30(13-3-1)45-46-43(38-18-8-10-20-41(38)48-45)44-39-19-9-11-21-42(39)49(47(44)50-46)32-25-22-29(23-26-32)31-24-27-37-35-16-5-4-14-33(35)34-15-6-7-17-36(34)40(37)28-31;44-46(30-16-6-2-7-17-30,31-18-8-3-9-19-31)32-26-24-29(25-27-32)43-36-23-13-11-21-34(36)38-37-33-20-10-12-22-35(33)42-39(40(37)45-41(38)43)28-14-4-1-5-15-28/h1-29H;1-28H;1-27H. The molecule has 21 aromatic carbocycles. The lowest BCUT2D eigenvalue weighted by atomic mass is 9.92. The first-order valence-corrected chi connectivity index (χ1v) is 52.1. The second-order valence-corrected chi connectivity index (χ2v) is 40.8. The molecule has 0 aliphatic heterocycles. The van der Waals surface area contributed by atoms with Gasteiger partial charge in [-0.25, -0.2) is 29.9 Å². The summed E-state index contributed by atoms with van der Waals surface area (Å²) in [5, 5.41) is 25.5. The second kappa shape index (κ2) is 35.6. The fourth-order valence-electron chi connectivity index (χ4n) is 22.7. The molecule has 0 aliphatic carbocycles. The maximum Gasteiger partial charge on any atom is 0.213 e. The van der Waals surface area contributed by atoms with Crippen molar-refractivity contribution < 1.29 is 17.8 Å². The van der Waals surface area contributed by atoms with Gasteiger partial charge in [0.15, 0.2) is 41.4 Å². The molecule has 0 saturated carbocycles. The normalized spacial score (nSPS) is 11.9. The Morgan fingerprint density at radius 2 is 0.467 bits per heavy atom. The Kier molecular flexibility index (Phi) is 20.6. The van der Waals surface area contributed by atoms with Crippen molar-refractivity contribution in [3.05, 3.63) is 510 Å². The molecule has 14 heteroatoms. The smallest absolute Gasteiger partial charge is 0.213 e. The highest BCUT2D eigenvalue weighted by Crippen LogP contribution is 2.52. The van der Waals surface area contributed by atoms with Crippen molar-refractivity contribution in [2.45, 2.75) is 0 Å². The van der Waals surface area contributed by atoms with Crippen molar-refractivity contribution in [1.29, 1.82) is 0 Å². The maximum atomic E-state index is 15.0. The summed E-state index contributed by atoms with van der Waals surface area (Å²) in [7, 11) is -3.10. The molecule has 0 N–H and O–H groups in total. The molecule has 0 fully saturated rings. The average Bonchev–Trinajstić information content (AvgIpc) is 1.59. The molecule has 10 heterocycles. The third-order valence-electron chi connectivity index (χ3n) is 29.5. The van der Waals surface area contributed by atoms with E-state index in [0.29, 0.717) is 17.5 Å². The van der Waals surface area contributed by atoms with Crippen LogP contribution in [0.15, 0.2) is 523 Å². The van der Waals surface area contributed by atoms with Gasteiger partial charge in [0.25, 0.3) is 0 Å². The number of benzene rings is 21. The molecule has 0 saturated heterocycles. The summed E-state index contributed by atoms with van der Waals surface area (Å²) < 4.78 is 42.6. The molecule has 0 atom stereocenters. The highest BCUT2D eigenvalue weighted by molar-refractivity contribution is 7.85. The zero-order chi connectivity index (χ0) is 99.0. The number of aromatic nitrogens is 9. The summed E-state index contributed by atoms with van der Waals surface area (Å²) in [5.41, 5.74) is 24.4. The quantitative estimate of drug-likeness (QED) is 0.0807. The van der Waals surface area contributed by atoms with Gasteiger partial charge in [0.2, 0.25) is 17.1 Å². The van der Waals surface area contributed by atoms with Crippen LogP contribution in [0.5, 0.6) is 0 Å². The van der Waals surface area contributed by atoms with Crippen LogP contribution in [0.25, 0.3) is 271 Å². The van der Waals surface area contributed by atoms with Gasteiger partial charge in [-0.15, -0.1) is 0 Å². The summed E-state index contributed by atoms with van der Waals surface area (Å²) in [6.45, 7) is 0. The molecule has 31 aromatic rings. The molecule has 13 nitrogen and oxygen atoms in total. The number of para-hydroxylation sites is 6. The van der Waals surface area contributed by atoms with E-state index in [2.05, 4.69) is 353 Å². The first-order chi connectivity index (χ1) is 74.3. The van der Waals surface area contributed by atoms with Crippen molar-refractivity contribution in [2.75, 3.05) is 0 Å². The minimum absolute atomic E-state index is 0.609. The fraction of sp³-hybridized carbons (Fsp3) is 0. The van der Waals surface area contributed by atoms with Crippen LogP contribution in [0, 0.1) is 0 Å². The lowest BCUT2D eigenvalue weighted by Gasteiger charge is -2.20. The minimum Gasteiger partial charge on any atom is -0.437 e. The second-order valence-electron chi connectivity index (χ2n) is 38.0. The van der Waals surface area contributed by atoms with E-state index in [0.717, 1.165) is 226 Å². The summed E-state index contributed by atoms with van der Waals surface area (Å²) in [5.74, 6) is 1.87. The van der Waals surface area contributed by atoms with Crippen molar-refractivity contribution in [1.82, 2.24) is 43.6 Å². The summed E-state index contributed by atoms with van der Waals surface area (Å²) in [4.78, 5) is 30.3. The largest absolute Gasteiger partial charge is 0.437 e. The highest BCUT2D eigenvalue weighted by Gasteiger charge is 2.33. The Balaban J connectivity index is 0.000000106. The summed E-state index contributed by atoms with van der Waals surface area (Å²) in [6, 6.07) is 175. The Morgan fingerprint density at radius 1 is 0.187 bits per heavy atom. The number of hydrogen-bond donors (Lipinski definition) is 0. The zero-order valence-corrected chi connectivity index (χ0v) is 81.5. The van der Waals surface area contributed by atoms with Gasteiger partial charge >= 0.3 is 0 Å². The van der Waals surface area contributed by atoms with E-state index in [1.54, 1.807) is 0 Å². The maximum absolute atomic E-state index is 15.0. The van der Waals surface area contributed by atoms with E-state index >= 15 is 4.57 Å². The number of rotatable bonds is 13. The van der Waals surface area contributed by atoms with Crippen molar-refractivity contribution in [2.24, 2.45) is 0 Å². The van der Waals surface area contributed by atoms with Crippen LogP contribution in [0.2, 0.25) is 0 Å². The predicted molar refractivity (Wildman–Crippen MR) is 618 cm³/mol. The third-order valence-corrected chi connectivity index (χ3v) is 32.6. The monoisotopic (exact) mass is 1940 g/mol. The lowest BCUT2D eigenvalue weighted by molar-refractivity contribution is 0.592. The van der Waals surface area contributed by atoms with Gasteiger partial charge in [0.1, 0.15) is 17.1 Å². The third kappa shape index (κ3) is 14.2.